The maximum atomic E-state index is 9.34. The Hall–Kier alpha value is -1.30. The molecule has 0 saturated carbocycles. The van der Waals surface area contributed by atoms with Gasteiger partial charge in [0.1, 0.15) is 11.5 Å². The van der Waals surface area contributed by atoms with Crippen LogP contribution < -0.4 is 14.8 Å². The lowest BCUT2D eigenvalue weighted by atomic mass is 9.99. The Morgan fingerprint density at radius 3 is 3.00 bits per heavy atom. The second-order valence-electron chi connectivity index (χ2n) is 4.59. The summed E-state index contributed by atoms with van der Waals surface area (Å²) in [6, 6.07) is 5.86. The number of aliphatic hydroxyl groups excluding tert-OH is 1. The number of aliphatic hydroxyl groups is 1. The second-order valence-corrected chi connectivity index (χ2v) is 4.59. The highest BCUT2D eigenvalue weighted by molar-refractivity contribution is 5.43. The van der Waals surface area contributed by atoms with Gasteiger partial charge >= 0.3 is 0 Å². The van der Waals surface area contributed by atoms with Crippen LogP contribution >= 0.6 is 0 Å². The molecule has 0 bridgehead atoms. The number of rotatable bonds is 6. The molecule has 5 nitrogen and oxygen atoms in total. The first-order valence-electron chi connectivity index (χ1n) is 6.45. The number of benzene rings is 1. The van der Waals surface area contributed by atoms with E-state index in [1.807, 2.05) is 18.2 Å². The molecule has 0 fully saturated rings. The molecule has 0 spiro atoms. The van der Waals surface area contributed by atoms with Crippen LogP contribution in [0.15, 0.2) is 18.2 Å². The summed E-state index contributed by atoms with van der Waals surface area (Å²) in [7, 11) is 3.28. The third-order valence-corrected chi connectivity index (χ3v) is 3.28. The molecule has 0 saturated heterocycles. The first-order chi connectivity index (χ1) is 9.28. The van der Waals surface area contributed by atoms with Crippen LogP contribution in [0.1, 0.15) is 18.0 Å². The largest absolute Gasteiger partial charge is 0.497 e. The predicted octanol–water partition coefficient (Wildman–Crippen LogP) is 1.12. The summed E-state index contributed by atoms with van der Waals surface area (Å²) in [5, 5.41) is 12.7. The van der Waals surface area contributed by atoms with Crippen LogP contribution in [0.5, 0.6) is 11.5 Å². The fraction of sp³-hybridized carbons (Fsp3) is 0.571. The lowest BCUT2D eigenvalue weighted by molar-refractivity contribution is 0.116. The van der Waals surface area contributed by atoms with Gasteiger partial charge in [0.2, 0.25) is 0 Å². The zero-order valence-electron chi connectivity index (χ0n) is 11.4. The van der Waals surface area contributed by atoms with Gasteiger partial charge in [0.25, 0.3) is 0 Å². The van der Waals surface area contributed by atoms with Gasteiger partial charge in [-0.05, 0) is 18.2 Å². The first kappa shape index (κ1) is 14.1. The fourth-order valence-corrected chi connectivity index (χ4v) is 2.31. The quantitative estimate of drug-likeness (QED) is 0.808. The van der Waals surface area contributed by atoms with E-state index in [1.54, 1.807) is 14.2 Å². The summed E-state index contributed by atoms with van der Waals surface area (Å²) >= 11 is 0. The van der Waals surface area contributed by atoms with Gasteiger partial charge in [-0.3, -0.25) is 0 Å². The van der Waals surface area contributed by atoms with E-state index < -0.39 is 0 Å². The molecule has 1 aromatic carbocycles. The maximum Gasteiger partial charge on any atom is 0.124 e. The molecule has 2 N–H and O–H groups in total. The van der Waals surface area contributed by atoms with Crippen molar-refractivity contribution in [1.29, 1.82) is 0 Å². The Morgan fingerprint density at radius 2 is 2.32 bits per heavy atom. The Morgan fingerprint density at radius 1 is 1.47 bits per heavy atom. The van der Waals surface area contributed by atoms with Crippen molar-refractivity contribution >= 4 is 0 Å². The van der Waals surface area contributed by atoms with Crippen molar-refractivity contribution in [3.63, 3.8) is 0 Å². The molecule has 2 rings (SSSR count). The van der Waals surface area contributed by atoms with E-state index in [9.17, 15) is 5.11 Å². The molecule has 1 heterocycles. The molecule has 1 aromatic rings. The molecule has 0 radical (unpaired) electrons. The van der Waals surface area contributed by atoms with Crippen LogP contribution in [0, 0.1) is 0 Å². The minimum Gasteiger partial charge on any atom is -0.497 e. The van der Waals surface area contributed by atoms with Crippen LogP contribution in [0.2, 0.25) is 0 Å². The molecule has 0 aromatic heterocycles. The maximum absolute atomic E-state index is 9.34. The van der Waals surface area contributed by atoms with Crippen LogP contribution in [0.3, 0.4) is 0 Å². The van der Waals surface area contributed by atoms with Gasteiger partial charge in [-0.15, -0.1) is 0 Å². The van der Waals surface area contributed by atoms with Gasteiger partial charge < -0.3 is 24.6 Å². The van der Waals surface area contributed by atoms with E-state index in [0.717, 1.165) is 23.5 Å². The summed E-state index contributed by atoms with van der Waals surface area (Å²) in [5.41, 5.74) is 1.07. The standard InChI is InChI=1S/C14H21NO4/c1-17-9-10(8-16)15-13-5-6-19-14-4-3-11(18-2)7-12(13)14/h3-4,7,10,13,15-16H,5-6,8-9H2,1-2H3. The fourth-order valence-electron chi connectivity index (χ4n) is 2.31. The lowest BCUT2D eigenvalue weighted by Crippen LogP contribution is -2.40. The smallest absolute Gasteiger partial charge is 0.124 e. The molecule has 2 atom stereocenters. The summed E-state index contributed by atoms with van der Waals surface area (Å²) in [6.45, 7) is 1.19. The summed E-state index contributed by atoms with van der Waals surface area (Å²) in [6.07, 6.45) is 0.861. The number of hydrogen-bond acceptors (Lipinski definition) is 5. The predicted molar refractivity (Wildman–Crippen MR) is 71.7 cm³/mol. The Labute approximate surface area is 113 Å². The third kappa shape index (κ3) is 3.37. The van der Waals surface area contributed by atoms with Crippen molar-refractivity contribution in [2.24, 2.45) is 0 Å². The monoisotopic (exact) mass is 267 g/mol. The van der Waals surface area contributed by atoms with Crippen molar-refractivity contribution in [3.8, 4) is 11.5 Å². The minimum absolute atomic E-state index is 0.0461. The van der Waals surface area contributed by atoms with Crippen molar-refractivity contribution < 1.29 is 19.3 Å². The van der Waals surface area contributed by atoms with Gasteiger partial charge in [-0.1, -0.05) is 0 Å². The SMILES string of the molecule is COCC(CO)NC1CCOc2ccc(OC)cc21. The van der Waals surface area contributed by atoms with Crippen LogP contribution in [-0.4, -0.2) is 45.2 Å². The lowest BCUT2D eigenvalue weighted by Gasteiger charge is -2.30. The van der Waals surface area contributed by atoms with E-state index in [2.05, 4.69) is 5.32 Å². The highest BCUT2D eigenvalue weighted by Gasteiger charge is 2.24. The topological polar surface area (TPSA) is 60.0 Å². The highest BCUT2D eigenvalue weighted by atomic mass is 16.5. The molecule has 0 aliphatic carbocycles. The van der Waals surface area contributed by atoms with Gasteiger partial charge in [0.15, 0.2) is 0 Å². The Balaban J connectivity index is 2.15. The first-order valence-corrected chi connectivity index (χ1v) is 6.45. The second kappa shape index (κ2) is 6.75. The average molecular weight is 267 g/mol. The van der Waals surface area contributed by atoms with E-state index in [1.165, 1.54) is 0 Å². The zero-order chi connectivity index (χ0) is 13.7. The van der Waals surface area contributed by atoms with Gasteiger partial charge in [0.05, 0.1) is 33.0 Å². The molecule has 106 valence electrons. The average Bonchev–Trinajstić information content (AvgIpc) is 2.46. The zero-order valence-corrected chi connectivity index (χ0v) is 11.4. The summed E-state index contributed by atoms with van der Waals surface area (Å²) in [4.78, 5) is 0. The summed E-state index contributed by atoms with van der Waals surface area (Å²) in [5.74, 6) is 1.68. The molecule has 19 heavy (non-hydrogen) atoms. The van der Waals surface area contributed by atoms with Crippen molar-refractivity contribution in [2.75, 3.05) is 34.0 Å². The molecule has 5 heteroatoms. The third-order valence-electron chi connectivity index (χ3n) is 3.28. The van der Waals surface area contributed by atoms with Crippen LogP contribution in [-0.2, 0) is 4.74 Å². The van der Waals surface area contributed by atoms with Crippen LogP contribution in [0.4, 0.5) is 0 Å². The Bertz CT molecular complexity index is 410. The van der Waals surface area contributed by atoms with E-state index in [-0.39, 0.29) is 18.7 Å². The normalized spacial score (nSPS) is 19.4. The van der Waals surface area contributed by atoms with Crippen molar-refractivity contribution in [3.05, 3.63) is 23.8 Å². The summed E-state index contributed by atoms with van der Waals surface area (Å²) < 4.78 is 16.0. The Kier molecular flexibility index (Phi) is 5.01. The van der Waals surface area contributed by atoms with E-state index >= 15 is 0 Å². The molecule has 2 unspecified atom stereocenters. The number of fused-ring (bicyclic) bond motifs is 1. The molecule has 1 aliphatic heterocycles. The van der Waals surface area contributed by atoms with Crippen LogP contribution in [0.25, 0.3) is 0 Å². The highest BCUT2D eigenvalue weighted by Crippen LogP contribution is 2.34. The number of nitrogens with one attached hydrogen (secondary N) is 1. The van der Waals surface area contributed by atoms with E-state index in [4.69, 9.17) is 14.2 Å². The van der Waals surface area contributed by atoms with Crippen molar-refractivity contribution in [2.45, 2.75) is 18.5 Å². The number of ether oxygens (including phenoxy) is 3. The molecule has 1 aliphatic rings. The minimum atomic E-state index is -0.0767. The van der Waals surface area contributed by atoms with Crippen molar-refractivity contribution in [1.82, 2.24) is 5.32 Å². The van der Waals surface area contributed by atoms with Gasteiger partial charge in [0, 0.05) is 25.1 Å². The molecular weight excluding hydrogens is 246 g/mol. The number of methoxy groups -OCH3 is 2. The molecule has 0 amide bonds. The number of hydrogen-bond donors (Lipinski definition) is 2. The van der Waals surface area contributed by atoms with Gasteiger partial charge in [-0.25, -0.2) is 0 Å². The molecular formula is C14H21NO4. The van der Waals surface area contributed by atoms with Gasteiger partial charge in [-0.2, -0.15) is 0 Å². The van der Waals surface area contributed by atoms with E-state index in [0.29, 0.717) is 13.2 Å².